The van der Waals surface area contributed by atoms with E-state index in [4.69, 9.17) is 0 Å². The highest BCUT2D eigenvalue weighted by molar-refractivity contribution is 5.24. The summed E-state index contributed by atoms with van der Waals surface area (Å²) in [5.41, 5.74) is 0.433. The van der Waals surface area contributed by atoms with Crippen LogP contribution in [0.3, 0.4) is 0 Å². The van der Waals surface area contributed by atoms with Crippen molar-refractivity contribution in [2.75, 3.05) is 0 Å². The molecule has 29 heavy (non-hydrogen) atoms. The zero-order chi connectivity index (χ0) is 20.4. The van der Waals surface area contributed by atoms with Gasteiger partial charge < -0.3 is 0 Å². The molecule has 0 nitrogen and oxygen atoms in total. The summed E-state index contributed by atoms with van der Waals surface area (Å²) in [6.45, 7) is 13.1. The number of hydrogen-bond donors (Lipinski definition) is 0. The second-order valence-corrected chi connectivity index (χ2v) is 10.0. The Bertz CT molecular complexity index is 654. The Labute approximate surface area is 179 Å². The third kappa shape index (κ3) is 3.37. The number of allylic oxidation sites excluding steroid dienone is 10. The van der Waals surface area contributed by atoms with Crippen molar-refractivity contribution in [2.45, 2.75) is 52.4 Å². The summed E-state index contributed by atoms with van der Waals surface area (Å²) in [6.07, 6.45) is 31.4. The van der Waals surface area contributed by atoms with Crippen molar-refractivity contribution in [2.24, 2.45) is 52.8 Å². The highest BCUT2D eigenvalue weighted by Crippen LogP contribution is 2.64. The van der Waals surface area contributed by atoms with E-state index in [0.29, 0.717) is 29.1 Å². The second-order valence-electron chi connectivity index (χ2n) is 10.0. The lowest BCUT2D eigenvalue weighted by atomic mass is 9.56. The predicted octanol–water partition coefficient (Wildman–Crippen LogP) is 7.93. The smallest absolute Gasteiger partial charge is 0.0131 e. The molecule has 0 aliphatic heterocycles. The van der Waals surface area contributed by atoms with Crippen LogP contribution in [0.5, 0.6) is 0 Å². The standard InChI is InChI=1S/C29H40/c1-5-13-21-19-27(25-17-11-9-15-23(21)25)29(7-3,8-4)28-20-22(14-6-2)24-16-10-12-18-26(24)28/h5-6,9-12,15-18,21-28H,1-2,7-8,13-14,19-20H2,3-4H3. The molecule has 8 unspecified atom stereocenters. The molecule has 0 heteroatoms. The van der Waals surface area contributed by atoms with Gasteiger partial charge in [0.25, 0.3) is 0 Å². The molecule has 0 radical (unpaired) electrons. The minimum absolute atomic E-state index is 0.433. The lowest BCUT2D eigenvalue weighted by Gasteiger charge is -2.48. The SMILES string of the molecule is C=CCC1CC(C(CC)(CC)C2CC(CC=C)C3C=CC=CC32)C2C=CC=CC12. The molecule has 0 N–H and O–H groups in total. The fourth-order valence-electron chi connectivity index (χ4n) is 8.06. The lowest BCUT2D eigenvalue weighted by molar-refractivity contribution is 0.0240. The topological polar surface area (TPSA) is 0 Å². The number of fused-ring (bicyclic) bond motifs is 2. The maximum atomic E-state index is 4.08. The Morgan fingerprint density at radius 3 is 1.41 bits per heavy atom. The van der Waals surface area contributed by atoms with E-state index in [2.05, 4.69) is 87.8 Å². The molecule has 8 atom stereocenters. The monoisotopic (exact) mass is 388 g/mol. The molecule has 156 valence electrons. The fraction of sp³-hybridized carbons (Fsp3) is 0.586. The van der Waals surface area contributed by atoms with Crippen molar-refractivity contribution in [1.82, 2.24) is 0 Å². The summed E-state index contributed by atoms with van der Waals surface area (Å²) in [5, 5.41) is 0. The third-order valence-corrected chi connectivity index (χ3v) is 9.31. The highest BCUT2D eigenvalue weighted by atomic mass is 14.6. The Balaban J connectivity index is 1.70. The van der Waals surface area contributed by atoms with Crippen molar-refractivity contribution in [1.29, 1.82) is 0 Å². The predicted molar refractivity (Wildman–Crippen MR) is 126 cm³/mol. The molecule has 0 bridgehead atoms. The van der Waals surface area contributed by atoms with Gasteiger partial charge in [0.05, 0.1) is 0 Å². The summed E-state index contributed by atoms with van der Waals surface area (Å²) >= 11 is 0. The molecule has 0 amide bonds. The van der Waals surface area contributed by atoms with E-state index in [0.717, 1.165) is 36.5 Å². The van der Waals surface area contributed by atoms with E-state index in [1.807, 2.05) is 0 Å². The van der Waals surface area contributed by atoms with Crippen LogP contribution in [0.1, 0.15) is 52.4 Å². The molecule has 0 heterocycles. The molecule has 0 spiro atoms. The van der Waals surface area contributed by atoms with Crippen LogP contribution in [0.2, 0.25) is 0 Å². The van der Waals surface area contributed by atoms with E-state index in [1.54, 1.807) is 0 Å². The zero-order valence-electron chi connectivity index (χ0n) is 18.5. The molecular formula is C29H40. The fourth-order valence-corrected chi connectivity index (χ4v) is 8.06. The molecule has 0 aromatic heterocycles. The van der Waals surface area contributed by atoms with Gasteiger partial charge in [-0.25, -0.2) is 0 Å². The molecular weight excluding hydrogens is 348 g/mol. The minimum Gasteiger partial charge on any atom is -0.103 e. The number of rotatable bonds is 8. The maximum absolute atomic E-state index is 4.08. The van der Waals surface area contributed by atoms with Crippen molar-refractivity contribution in [3.8, 4) is 0 Å². The Morgan fingerprint density at radius 1 is 0.690 bits per heavy atom. The summed E-state index contributed by atoms with van der Waals surface area (Å²) in [4.78, 5) is 0. The van der Waals surface area contributed by atoms with Crippen molar-refractivity contribution in [3.63, 3.8) is 0 Å². The molecule has 2 fully saturated rings. The Morgan fingerprint density at radius 2 is 1.07 bits per heavy atom. The van der Waals surface area contributed by atoms with Crippen molar-refractivity contribution in [3.05, 3.63) is 73.9 Å². The van der Waals surface area contributed by atoms with E-state index >= 15 is 0 Å². The summed E-state index contributed by atoms with van der Waals surface area (Å²) < 4.78 is 0. The van der Waals surface area contributed by atoms with E-state index in [-0.39, 0.29) is 0 Å². The van der Waals surface area contributed by atoms with Gasteiger partial charge in [0.15, 0.2) is 0 Å². The summed E-state index contributed by atoms with van der Waals surface area (Å²) in [7, 11) is 0. The van der Waals surface area contributed by atoms with Gasteiger partial charge in [-0.1, -0.05) is 74.6 Å². The molecule has 4 rings (SSSR count). The quantitative estimate of drug-likeness (QED) is 0.370. The number of hydrogen-bond acceptors (Lipinski definition) is 0. The van der Waals surface area contributed by atoms with Crippen LogP contribution in [0.15, 0.2) is 73.9 Å². The average molecular weight is 389 g/mol. The molecule has 0 aromatic rings. The van der Waals surface area contributed by atoms with Crippen LogP contribution in [0, 0.1) is 52.8 Å². The van der Waals surface area contributed by atoms with Gasteiger partial charge in [-0.05, 0) is 91.3 Å². The Hall–Kier alpha value is -1.56. The van der Waals surface area contributed by atoms with Crippen LogP contribution in [0.25, 0.3) is 0 Å². The molecule has 0 saturated heterocycles. The van der Waals surface area contributed by atoms with Crippen LogP contribution >= 0.6 is 0 Å². The lowest BCUT2D eigenvalue weighted by Crippen LogP contribution is -2.41. The molecule has 4 aliphatic rings. The van der Waals surface area contributed by atoms with Gasteiger partial charge in [0.1, 0.15) is 0 Å². The van der Waals surface area contributed by atoms with E-state index in [9.17, 15) is 0 Å². The second kappa shape index (κ2) is 8.66. The first-order valence-electron chi connectivity index (χ1n) is 12.1. The van der Waals surface area contributed by atoms with Crippen molar-refractivity contribution >= 4 is 0 Å². The molecule has 4 aliphatic carbocycles. The normalized spacial score (nSPS) is 40.1. The Kier molecular flexibility index (Phi) is 6.19. The van der Waals surface area contributed by atoms with Gasteiger partial charge in [-0.2, -0.15) is 0 Å². The molecule has 2 saturated carbocycles. The minimum atomic E-state index is 0.433. The third-order valence-electron chi connectivity index (χ3n) is 9.31. The van der Waals surface area contributed by atoms with Crippen LogP contribution in [-0.2, 0) is 0 Å². The summed E-state index contributed by atoms with van der Waals surface area (Å²) in [5.74, 6) is 5.97. The van der Waals surface area contributed by atoms with Gasteiger partial charge in [-0.3, -0.25) is 0 Å². The van der Waals surface area contributed by atoms with Crippen LogP contribution in [0.4, 0.5) is 0 Å². The van der Waals surface area contributed by atoms with Gasteiger partial charge in [0, 0.05) is 0 Å². The highest BCUT2D eigenvalue weighted by Gasteiger charge is 2.56. The van der Waals surface area contributed by atoms with Gasteiger partial charge in [-0.15, -0.1) is 13.2 Å². The van der Waals surface area contributed by atoms with Crippen molar-refractivity contribution < 1.29 is 0 Å². The zero-order valence-corrected chi connectivity index (χ0v) is 18.5. The van der Waals surface area contributed by atoms with Crippen LogP contribution < -0.4 is 0 Å². The van der Waals surface area contributed by atoms with Gasteiger partial charge in [0.2, 0.25) is 0 Å². The average Bonchev–Trinajstić information content (AvgIpc) is 3.31. The first-order valence-corrected chi connectivity index (χ1v) is 12.1. The first kappa shape index (κ1) is 20.7. The van der Waals surface area contributed by atoms with E-state index in [1.165, 1.54) is 25.7 Å². The van der Waals surface area contributed by atoms with E-state index < -0.39 is 0 Å². The van der Waals surface area contributed by atoms with Gasteiger partial charge >= 0.3 is 0 Å². The molecule has 0 aromatic carbocycles. The largest absolute Gasteiger partial charge is 0.103 e. The maximum Gasteiger partial charge on any atom is -0.0131 e. The summed E-state index contributed by atoms with van der Waals surface area (Å²) in [6, 6.07) is 0. The van der Waals surface area contributed by atoms with Crippen LogP contribution in [-0.4, -0.2) is 0 Å². The first-order chi connectivity index (χ1) is 14.2.